The quantitative estimate of drug-likeness (QED) is 0.157. The molecule has 1 aromatic heterocycles. The number of furan rings is 1. The maximum Gasteiger partial charge on any atom is 0.143 e. The number of hydrogen-bond donors (Lipinski definition) is 0. The fourth-order valence-electron chi connectivity index (χ4n) is 9.53. The molecular weight excluding hydrogens is 727 g/mol. The molecule has 0 aliphatic heterocycles. The van der Waals surface area contributed by atoms with E-state index in [9.17, 15) is 0 Å². The molecule has 11 aromatic carbocycles. The van der Waals surface area contributed by atoms with Gasteiger partial charge in [-0.25, -0.2) is 0 Å². The fourth-order valence-corrected chi connectivity index (χ4v) is 9.53. The molecule has 0 aliphatic carbocycles. The zero-order valence-electron chi connectivity index (χ0n) is 32.7. The first-order valence-electron chi connectivity index (χ1n) is 20.6. The summed E-state index contributed by atoms with van der Waals surface area (Å²) in [5.74, 6) is 0. The second kappa shape index (κ2) is 13.9. The second-order valence-electron chi connectivity index (χ2n) is 15.6. The van der Waals surface area contributed by atoms with Crippen molar-refractivity contribution in [1.29, 1.82) is 0 Å². The molecule has 2 nitrogen and oxygen atoms in total. The molecule has 2 heteroatoms. The Labute approximate surface area is 347 Å². The van der Waals surface area contributed by atoms with Gasteiger partial charge in [-0.3, -0.25) is 0 Å². The van der Waals surface area contributed by atoms with Crippen molar-refractivity contribution in [3.63, 3.8) is 0 Å². The smallest absolute Gasteiger partial charge is 0.143 e. The number of benzene rings is 11. The first kappa shape index (κ1) is 34.1. The molecule has 0 N–H and O–H groups in total. The summed E-state index contributed by atoms with van der Waals surface area (Å²) < 4.78 is 6.76. The highest BCUT2D eigenvalue weighted by molar-refractivity contribution is 6.27. The molecule has 12 aromatic rings. The van der Waals surface area contributed by atoms with Crippen molar-refractivity contribution in [1.82, 2.24) is 0 Å². The molecule has 0 radical (unpaired) electrons. The molecule has 12 rings (SSSR count). The predicted octanol–water partition coefficient (Wildman–Crippen LogP) is 16.7. The summed E-state index contributed by atoms with van der Waals surface area (Å²) in [6.07, 6.45) is 0. The van der Waals surface area contributed by atoms with Gasteiger partial charge in [0.05, 0.1) is 0 Å². The Morgan fingerprint density at radius 3 is 1.30 bits per heavy atom. The van der Waals surface area contributed by atoms with Gasteiger partial charge in [-0.2, -0.15) is 0 Å². The van der Waals surface area contributed by atoms with Gasteiger partial charge in [-0.15, -0.1) is 0 Å². The van der Waals surface area contributed by atoms with Crippen LogP contribution in [0.3, 0.4) is 0 Å². The van der Waals surface area contributed by atoms with Gasteiger partial charge in [0.2, 0.25) is 0 Å². The van der Waals surface area contributed by atoms with Crippen LogP contribution < -0.4 is 4.90 Å². The topological polar surface area (TPSA) is 16.4 Å². The van der Waals surface area contributed by atoms with E-state index in [-0.39, 0.29) is 0 Å². The lowest BCUT2D eigenvalue weighted by Crippen LogP contribution is -2.09. The van der Waals surface area contributed by atoms with Crippen molar-refractivity contribution in [3.8, 4) is 33.4 Å². The number of nitrogens with zero attached hydrogens (tertiary/aromatic N) is 1. The number of hydrogen-bond acceptors (Lipinski definition) is 2. The van der Waals surface area contributed by atoms with Crippen molar-refractivity contribution in [2.45, 2.75) is 0 Å². The molecule has 0 saturated carbocycles. The minimum absolute atomic E-state index is 0.889. The highest BCUT2D eigenvalue weighted by atomic mass is 16.3. The second-order valence-corrected chi connectivity index (χ2v) is 15.6. The van der Waals surface area contributed by atoms with E-state index in [1.165, 1.54) is 54.6 Å². The Bertz CT molecular complexity index is 3490. The highest BCUT2D eigenvalue weighted by Crippen LogP contribution is 2.49. The summed E-state index contributed by atoms with van der Waals surface area (Å²) in [6, 6.07) is 81.1. The standard InChI is InChI=1S/C58H37NO/c1-3-15-42(16-4-1)59(43-17-5-2-6-18-43)44-34-31-39(32-35-44)55-50-23-11-12-24-51(50)58-57(52-25-13-14-26-54(52)60-58)56(55)40-29-27-38(28-30-40)41-33-36-49-47-21-8-7-19-45(47)46-20-9-10-22-48(46)53(49)37-41/h1-37H. The zero-order chi connectivity index (χ0) is 39.6. The van der Waals surface area contributed by atoms with Crippen molar-refractivity contribution < 1.29 is 4.42 Å². The SMILES string of the molecule is c1ccc(N(c2ccccc2)c2ccc(-c3c(-c4ccc(-c5ccc6c7ccccc7c7ccccc7c6c5)cc4)c4c5ccccc5oc4c4ccccc34)cc2)cc1. The third kappa shape index (κ3) is 5.42. The lowest BCUT2D eigenvalue weighted by atomic mass is 9.85. The minimum atomic E-state index is 0.889. The van der Waals surface area contributed by atoms with Crippen LogP contribution in [0, 0.1) is 0 Å². The first-order chi connectivity index (χ1) is 29.8. The van der Waals surface area contributed by atoms with E-state index >= 15 is 0 Å². The molecule has 0 fully saturated rings. The number of rotatable bonds is 6. The van der Waals surface area contributed by atoms with E-state index < -0.39 is 0 Å². The molecule has 280 valence electrons. The van der Waals surface area contributed by atoms with Gasteiger partial charge < -0.3 is 9.32 Å². The normalized spacial score (nSPS) is 11.7. The first-order valence-corrected chi connectivity index (χ1v) is 20.6. The van der Waals surface area contributed by atoms with Crippen LogP contribution in [0.15, 0.2) is 229 Å². The van der Waals surface area contributed by atoms with Crippen LogP contribution in [0.4, 0.5) is 17.1 Å². The third-order valence-corrected chi connectivity index (χ3v) is 12.2. The molecular formula is C58H37NO. The average Bonchev–Trinajstić information content (AvgIpc) is 3.72. The number of para-hydroxylation sites is 3. The van der Waals surface area contributed by atoms with Gasteiger partial charge in [0.15, 0.2) is 0 Å². The van der Waals surface area contributed by atoms with Gasteiger partial charge in [0, 0.05) is 38.8 Å². The van der Waals surface area contributed by atoms with Gasteiger partial charge in [0.1, 0.15) is 11.2 Å². The Kier molecular flexibility index (Phi) is 7.89. The van der Waals surface area contributed by atoms with Gasteiger partial charge in [0.25, 0.3) is 0 Å². The summed E-state index contributed by atoms with van der Waals surface area (Å²) in [4.78, 5) is 2.31. The van der Waals surface area contributed by atoms with Crippen molar-refractivity contribution in [2.24, 2.45) is 0 Å². The van der Waals surface area contributed by atoms with E-state index in [1.54, 1.807) is 0 Å². The Balaban J connectivity index is 1.05. The number of fused-ring (bicyclic) bond motifs is 11. The Morgan fingerprint density at radius 1 is 0.267 bits per heavy atom. The zero-order valence-corrected chi connectivity index (χ0v) is 32.7. The van der Waals surface area contributed by atoms with Crippen molar-refractivity contribution in [3.05, 3.63) is 224 Å². The minimum Gasteiger partial charge on any atom is -0.455 e. The van der Waals surface area contributed by atoms with Crippen LogP contribution in [0.5, 0.6) is 0 Å². The molecule has 0 atom stereocenters. The Morgan fingerprint density at radius 2 is 0.683 bits per heavy atom. The number of anilines is 3. The largest absolute Gasteiger partial charge is 0.455 e. The molecule has 0 bridgehead atoms. The lowest BCUT2D eigenvalue weighted by Gasteiger charge is -2.26. The van der Waals surface area contributed by atoms with E-state index in [1.807, 2.05) is 0 Å². The van der Waals surface area contributed by atoms with Gasteiger partial charge >= 0.3 is 0 Å². The monoisotopic (exact) mass is 763 g/mol. The van der Waals surface area contributed by atoms with Crippen molar-refractivity contribution in [2.75, 3.05) is 4.90 Å². The van der Waals surface area contributed by atoms with Crippen LogP contribution >= 0.6 is 0 Å². The highest BCUT2D eigenvalue weighted by Gasteiger charge is 2.23. The van der Waals surface area contributed by atoms with Crippen LogP contribution in [0.1, 0.15) is 0 Å². The van der Waals surface area contributed by atoms with E-state index in [2.05, 4.69) is 229 Å². The Hall–Kier alpha value is -7.94. The summed E-state index contributed by atoms with van der Waals surface area (Å²) >= 11 is 0. The van der Waals surface area contributed by atoms with Crippen LogP contribution in [0.25, 0.3) is 98.4 Å². The van der Waals surface area contributed by atoms with Crippen LogP contribution in [-0.4, -0.2) is 0 Å². The molecule has 0 unspecified atom stereocenters. The molecule has 0 amide bonds. The molecule has 0 saturated heterocycles. The third-order valence-electron chi connectivity index (χ3n) is 12.2. The fraction of sp³-hybridized carbons (Fsp3) is 0. The maximum atomic E-state index is 6.76. The van der Waals surface area contributed by atoms with Crippen LogP contribution in [-0.2, 0) is 0 Å². The van der Waals surface area contributed by atoms with E-state index in [0.29, 0.717) is 0 Å². The molecule has 0 aliphatic rings. The summed E-state index contributed by atoms with van der Waals surface area (Å²) in [5, 5.41) is 12.2. The predicted molar refractivity (Wildman–Crippen MR) is 255 cm³/mol. The average molecular weight is 764 g/mol. The van der Waals surface area contributed by atoms with Crippen molar-refractivity contribution >= 4 is 82.1 Å². The summed E-state index contributed by atoms with van der Waals surface area (Å²) in [7, 11) is 0. The van der Waals surface area contributed by atoms with Gasteiger partial charge in [-0.05, 0) is 114 Å². The van der Waals surface area contributed by atoms with Gasteiger partial charge in [-0.1, -0.05) is 176 Å². The maximum absolute atomic E-state index is 6.76. The molecule has 60 heavy (non-hydrogen) atoms. The summed E-state index contributed by atoms with van der Waals surface area (Å²) in [6.45, 7) is 0. The van der Waals surface area contributed by atoms with E-state index in [0.717, 1.165) is 60.9 Å². The summed E-state index contributed by atoms with van der Waals surface area (Å²) in [5.41, 5.74) is 12.2. The van der Waals surface area contributed by atoms with Crippen LogP contribution in [0.2, 0.25) is 0 Å². The molecule has 1 heterocycles. The van der Waals surface area contributed by atoms with E-state index in [4.69, 9.17) is 4.42 Å². The molecule has 0 spiro atoms. The lowest BCUT2D eigenvalue weighted by molar-refractivity contribution is 0.673.